The lowest BCUT2D eigenvalue weighted by atomic mass is 10.3. The molecule has 1 N–H and O–H groups in total. The maximum absolute atomic E-state index is 4.93. The minimum Gasteiger partial charge on any atom is -0.360 e. The number of likely N-dealkylation sites (N-methyl/N-ethyl adjacent to an activating group) is 1. The van der Waals surface area contributed by atoms with E-state index in [-0.39, 0.29) is 24.0 Å². The van der Waals surface area contributed by atoms with Crippen LogP contribution in [0.15, 0.2) is 22.5 Å². The fourth-order valence-corrected chi connectivity index (χ4v) is 4.60. The van der Waals surface area contributed by atoms with Gasteiger partial charge >= 0.3 is 0 Å². The van der Waals surface area contributed by atoms with Crippen LogP contribution in [0.25, 0.3) is 0 Å². The smallest absolute Gasteiger partial charge is 0.194 e. The molecule has 8 heteroatoms. The summed E-state index contributed by atoms with van der Waals surface area (Å²) in [5.41, 5.74) is 0. The second-order valence-corrected chi connectivity index (χ2v) is 8.44. The van der Waals surface area contributed by atoms with Crippen molar-refractivity contribution in [2.45, 2.75) is 19.8 Å². The lowest BCUT2D eigenvalue weighted by Crippen LogP contribution is -2.52. The molecule has 0 amide bonds. The minimum absolute atomic E-state index is 0. The van der Waals surface area contributed by atoms with E-state index in [4.69, 9.17) is 4.99 Å². The van der Waals surface area contributed by atoms with Crippen LogP contribution in [-0.4, -0.2) is 99.7 Å². The zero-order valence-electron chi connectivity index (χ0n) is 17.5. The topological polar surface area (TPSA) is 37.4 Å². The summed E-state index contributed by atoms with van der Waals surface area (Å²) in [7, 11) is 2.23. The van der Waals surface area contributed by atoms with Crippen molar-refractivity contribution in [2.75, 3.05) is 83.9 Å². The van der Waals surface area contributed by atoms with Crippen molar-refractivity contribution < 1.29 is 0 Å². The Morgan fingerprint density at radius 3 is 2.64 bits per heavy atom. The third-order valence-electron chi connectivity index (χ3n) is 5.44. The van der Waals surface area contributed by atoms with E-state index in [1.54, 1.807) is 0 Å². The molecule has 0 radical (unpaired) electrons. The summed E-state index contributed by atoms with van der Waals surface area (Å²) in [4.78, 5) is 14.9. The van der Waals surface area contributed by atoms with Crippen LogP contribution in [0.1, 0.15) is 19.8 Å². The van der Waals surface area contributed by atoms with Crippen molar-refractivity contribution >= 4 is 46.3 Å². The molecule has 0 bridgehead atoms. The maximum atomic E-state index is 4.93. The van der Waals surface area contributed by atoms with Crippen LogP contribution >= 0.6 is 35.3 Å². The van der Waals surface area contributed by atoms with Gasteiger partial charge < -0.3 is 24.9 Å². The molecule has 0 spiro atoms. The number of piperazine rings is 1. The molecule has 2 saturated heterocycles. The number of halogens is 1. The number of rotatable bonds is 6. The zero-order valence-corrected chi connectivity index (χ0v) is 20.6. The third-order valence-corrected chi connectivity index (χ3v) is 6.37. The second kappa shape index (κ2) is 12.9. The Labute approximate surface area is 192 Å². The van der Waals surface area contributed by atoms with Crippen molar-refractivity contribution in [3.8, 4) is 0 Å². The number of thiophene rings is 1. The predicted molar refractivity (Wildman–Crippen MR) is 133 cm³/mol. The number of nitrogens with zero attached hydrogens (tertiary/aromatic N) is 5. The molecule has 3 heterocycles. The normalized spacial score (nSPS) is 20.0. The average Bonchev–Trinajstić information content (AvgIpc) is 3.15. The Morgan fingerprint density at radius 2 is 1.93 bits per heavy atom. The van der Waals surface area contributed by atoms with E-state index >= 15 is 0 Å². The molecular weight excluding hydrogens is 483 g/mol. The fourth-order valence-electron chi connectivity index (χ4n) is 3.82. The third kappa shape index (κ3) is 7.35. The van der Waals surface area contributed by atoms with Gasteiger partial charge in [-0.2, -0.15) is 0 Å². The molecule has 2 aliphatic rings. The molecule has 160 valence electrons. The number of nitrogens with one attached hydrogen (secondary N) is 1. The van der Waals surface area contributed by atoms with E-state index in [9.17, 15) is 0 Å². The highest BCUT2D eigenvalue weighted by molar-refractivity contribution is 14.0. The van der Waals surface area contributed by atoms with Crippen LogP contribution in [-0.2, 0) is 0 Å². The highest BCUT2D eigenvalue weighted by Crippen LogP contribution is 2.22. The average molecular weight is 521 g/mol. The highest BCUT2D eigenvalue weighted by atomic mass is 127. The van der Waals surface area contributed by atoms with Crippen LogP contribution in [0, 0.1) is 0 Å². The molecule has 0 aromatic carbocycles. The Bertz CT molecular complexity index is 559. The molecule has 0 unspecified atom stereocenters. The van der Waals surface area contributed by atoms with Gasteiger partial charge in [0.25, 0.3) is 0 Å². The van der Waals surface area contributed by atoms with Crippen LogP contribution in [0.5, 0.6) is 0 Å². The second-order valence-electron chi connectivity index (χ2n) is 7.51. The maximum Gasteiger partial charge on any atom is 0.194 e. The molecule has 2 fully saturated rings. The Kier molecular flexibility index (Phi) is 10.9. The van der Waals surface area contributed by atoms with Crippen molar-refractivity contribution in [2.24, 2.45) is 4.99 Å². The first-order valence-corrected chi connectivity index (χ1v) is 11.4. The summed E-state index contributed by atoms with van der Waals surface area (Å²) in [6.45, 7) is 14.3. The van der Waals surface area contributed by atoms with Gasteiger partial charge in [-0.15, -0.1) is 35.3 Å². The zero-order chi connectivity index (χ0) is 18.9. The van der Waals surface area contributed by atoms with E-state index in [0.717, 1.165) is 51.6 Å². The molecule has 3 rings (SSSR count). The van der Waals surface area contributed by atoms with Crippen LogP contribution < -0.4 is 10.2 Å². The fraction of sp³-hybridized carbons (Fsp3) is 0.750. The molecule has 28 heavy (non-hydrogen) atoms. The predicted octanol–water partition coefficient (Wildman–Crippen LogP) is 2.48. The van der Waals surface area contributed by atoms with Gasteiger partial charge in [0.2, 0.25) is 0 Å². The highest BCUT2D eigenvalue weighted by Gasteiger charge is 2.20. The first-order chi connectivity index (χ1) is 13.3. The molecular formula is C20H37IN6S. The molecule has 1 aromatic heterocycles. The number of aliphatic imine (C=N–C) groups is 1. The Balaban J connectivity index is 0.00000280. The van der Waals surface area contributed by atoms with E-state index < -0.39 is 0 Å². The monoisotopic (exact) mass is 520 g/mol. The number of anilines is 1. The Morgan fingerprint density at radius 1 is 1.11 bits per heavy atom. The Hall–Kier alpha value is -0.580. The molecule has 0 saturated carbocycles. The van der Waals surface area contributed by atoms with Crippen molar-refractivity contribution in [3.63, 3.8) is 0 Å². The molecule has 2 aliphatic heterocycles. The summed E-state index contributed by atoms with van der Waals surface area (Å²) >= 11 is 1.84. The molecule has 0 aliphatic carbocycles. The van der Waals surface area contributed by atoms with Crippen LogP contribution in [0.4, 0.5) is 5.00 Å². The lowest BCUT2D eigenvalue weighted by molar-refractivity contribution is 0.274. The number of hydrogen-bond donors (Lipinski definition) is 1. The summed E-state index contributed by atoms with van der Waals surface area (Å²) in [5, 5.41) is 7.05. The van der Waals surface area contributed by atoms with Crippen molar-refractivity contribution in [1.29, 1.82) is 0 Å². The van der Waals surface area contributed by atoms with Gasteiger partial charge in [-0.3, -0.25) is 4.99 Å². The van der Waals surface area contributed by atoms with E-state index in [0.29, 0.717) is 0 Å². The van der Waals surface area contributed by atoms with Crippen molar-refractivity contribution in [1.82, 2.24) is 20.0 Å². The van der Waals surface area contributed by atoms with E-state index in [1.165, 1.54) is 44.1 Å². The van der Waals surface area contributed by atoms with Gasteiger partial charge in [-0.05, 0) is 64.0 Å². The summed E-state index contributed by atoms with van der Waals surface area (Å²) in [5.74, 6) is 1.10. The first-order valence-electron chi connectivity index (χ1n) is 10.5. The van der Waals surface area contributed by atoms with E-state index in [1.807, 2.05) is 11.3 Å². The minimum atomic E-state index is 0. The summed E-state index contributed by atoms with van der Waals surface area (Å²) in [6.07, 6.45) is 2.44. The molecule has 6 nitrogen and oxygen atoms in total. The largest absolute Gasteiger partial charge is 0.360 e. The van der Waals surface area contributed by atoms with Crippen LogP contribution in [0.2, 0.25) is 0 Å². The van der Waals surface area contributed by atoms with Crippen molar-refractivity contribution in [3.05, 3.63) is 17.5 Å². The van der Waals surface area contributed by atoms with Gasteiger partial charge in [0, 0.05) is 52.4 Å². The van der Waals surface area contributed by atoms with Gasteiger partial charge in [0.1, 0.15) is 0 Å². The van der Waals surface area contributed by atoms with Gasteiger partial charge in [0.15, 0.2) is 5.96 Å². The quantitative estimate of drug-likeness (QED) is 0.270. The van der Waals surface area contributed by atoms with Gasteiger partial charge in [-0.25, -0.2) is 0 Å². The number of guanidine groups is 1. The molecule has 1 aromatic rings. The van der Waals surface area contributed by atoms with Crippen LogP contribution in [0.3, 0.4) is 0 Å². The lowest BCUT2D eigenvalue weighted by Gasteiger charge is -2.37. The SMILES string of the molecule is CCNC(=NCCCN1CCCN(C)CC1)N1CCN(c2cccs2)CC1.I. The van der Waals surface area contributed by atoms with Gasteiger partial charge in [-0.1, -0.05) is 0 Å². The number of hydrogen-bond acceptors (Lipinski definition) is 5. The van der Waals surface area contributed by atoms with Gasteiger partial charge in [0.05, 0.1) is 5.00 Å². The summed E-state index contributed by atoms with van der Waals surface area (Å²) in [6, 6.07) is 4.36. The molecule has 0 atom stereocenters. The standard InChI is InChI=1S/C20H36N6S.HI/c1-3-21-20(22-8-5-10-24-11-6-9-23(2)12-13-24)26-16-14-25(15-17-26)19-7-4-18-27-19;/h4,7,18H,3,5-6,8-17H2,1-2H3,(H,21,22);1H. The first kappa shape index (κ1) is 23.7. The van der Waals surface area contributed by atoms with E-state index in [2.05, 4.69) is 56.4 Å². The summed E-state index contributed by atoms with van der Waals surface area (Å²) < 4.78 is 0.